The fraction of sp³-hybridized carbons (Fsp3) is 0.500. The first-order chi connectivity index (χ1) is 18.1. The van der Waals surface area contributed by atoms with Crippen molar-refractivity contribution in [3.8, 4) is 5.75 Å². The Labute approximate surface area is 231 Å². The molecule has 1 saturated heterocycles. The van der Waals surface area contributed by atoms with E-state index in [9.17, 15) is 27.9 Å². The van der Waals surface area contributed by atoms with Crippen LogP contribution in [0, 0.1) is 11.3 Å². The van der Waals surface area contributed by atoms with Crippen LogP contribution in [-0.2, 0) is 16.1 Å². The molecule has 0 unspecified atom stereocenters. The molecule has 4 atom stereocenters. The maximum Gasteiger partial charge on any atom is 0.446 e. The number of amides is 1. The zero-order valence-corrected chi connectivity index (χ0v) is 23.6. The maximum atomic E-state index is 13.4. The fourth-order valence-electron chi connectivity index (χ4n) is 5.26. The van der Waals surface area contributed by atoms with Crippen LogP contribution < -0.4 is 10.1 Å². The van der Waals surface area contributed by atoms with E-state index in [1.807, 2.05) is 39.0 Å². The van der Waals surface area contributed by atoms with Gasteiger partial charge in [-0.15, -0.1) is 0 Å². The van der Waals surface area contributed by atoms with E-state index in [0.717, 1.165) is 0 Å². The number of likely N-dealkylation sites (tertiary alicyclic amines) is 1. The molecule has 7 nitrogen and oxygen atoms in total. The van der Waals surface area contributed by atoms with Crippen molar-refractivity contribution < 1.29 is 37.3 Å². The minimum atomic E-state index is -4.45. The first-order valence-corrected chi connectivity index (χ1v) is 13.4. The summed E-state index contributed by atoms with van der Waals surface area (Å²) in [5, 5.41) is 13.8. The van der Waals surface area contributed by atoms with Crippen molar-refractivity contribution in [1.29, 1.82) is 0 Å². The molecular formula is C28H35F3N2O5S. The summed E-state index contributed by atoms with van der Waals surface area (Å²) in [6.45, 7) is 9.18. The van der Waals surface area contributed by atoms with Gasteiger partial charge in [0.05, 0.1) is 19.3 Å². The van der Waals surface area contributed by atoms with Crippen LogP contribution in [-0.4, -0.2) is 52.9 Å². The zero-order chi connectivity index (χ0) is 29.1. The molecule has 2 aromatic carbocycles. The number of hydrogen-bond donors (Lipinski definition) is 2. The highest BCUT2D eigenvalue weighted by molar-refractivity contribution is 8.00. The Morgan fingerprint density at radius 3 is 2.26 bits per heavy atom. The quantitative estimate of drug-likeness (QED) is 0.352. The molecule has 214 valence electrons. The molecule has 0 aliphatic carbocycles. The molecule has 0 spiro atoms. The lowest BCUT2D eigenvalue weighted by Crippen LogP contribution is -2.48. The molecule has 1 fully saturated rings. The van der Waals surface area contributed by atoms with Crippen LogP contribution in [0.4, 0.5) is 18.0 Å². The number of nitrogens with zero attached hydrogens (tertiary/aromatic N) is 1. The highest BCUT2D eigenvalue weighted by atomic mass is 32.2. The summed E-state index contributed by atoms with van der Waals surface area (Å²) in [7, 11) is 1.43. The summed E-state index contributed by atoms with van der Waals surface area (Å²) in [6.07, 6.45) is -1.22. The Kier molecular flexibility index (Phi) is 9.48. The lowest BCUT2D eigenvalue weighted by atomic mass is 9.72. The number of rotatable bonds is 8. The lowest BCUT2D eigenvalue weighted by molar-refractivity contribution is -0.144. The van der Waals surface area contributed by atoms with E-state index < -0.39 is 53.1 Å². The normalized spacial score (nSPS) is 21.7. The highest BCUT2D eigenvalue weighted by Crippen LogP contribution is 2.48. The molecule has 1 aliphatic heterocycles. The number of carboxylic acid groups (broad SMARTS) is 1. The van der Waals surface area contributed by atoms with Crippen molar-refractivity contribution >= 4 is 23.8 Å². The van der Waals surface area contributed by atoms with Gasteiger partial charge in [-0.2, -0.15) is 13.2 Å². The van der Waals surface area contributed by atoms with E-state index in [-0.39, 0.29) is 23.2 Å². The van der Waals surface area contributed by atoms with Crippen LogP contribution in [0.15, 0.2) is 53.4 Å². The number of nitrogens with one attached hydrogen (secondary N) is 1. The van der Waals surface area contributed by atoms with E-state index in [1.165, 1.54) is 30.2 Å². The smallest absolute Gasteiger partial charge is 0.446 e. The Balaban J connectivity index is 2.11. The fourth-order valence-corrected chi connectivity index (χ4v) is 5.87. The van der Waals surface area contributed by atoms with Gasteiger partial charge in [-0.25, -0.2) is 9.59 Å². The largest absolute Gasteiger partial charge is 0.496 e. The molecule has 0 saturated carbocycles. The molecule has 2 aromatic rings. The van der Waals surface area contributed by atoms with Crippen LogP contribution in [0.1, 0.15) is 51.8 Å². The van der Waals surface area contributed by atoms with Crippen molar-refractivity contribution in [2.75, 3.05) is 7.11 Å². The highest BCUT2D eigenvalue weighted by Gasteiger charge is 2.58. The molecule has 0 aromatic heterocycles. The van der Waals surface area contributed by atoms with Gasteiger partial charge in [-0.1, -0.05) is 51.1 Å². The first-order valence-electron chi connectivity index (χ1n) is 12.6. The molecule has 3 rings (SSSR count). The number of halogens is 3. The van der Waals surface area contributed by atoms with Gasteiger partial charge in [0, 0.05) is 29.0 Å². The number of carboxylic acids is 1. The molecule has 1 amide bonds. The van der Waals surface area contributed by atoms with E-state index in [1.54, 1.807) is 26.0 Å². The molecule has 1 heterocycles. The van der Waals surface area contributed by atoms with Crippen molar-refractivity contribution in [1.82, 2.24) is 10.2 Å². The number of thioether (sulfide) groups is 1. The Hall–Kier alpha value is -2.92. The number of ether oxygens (including phenoxy) is 2. The van der Waals surface area contributed by atoms with Crippen LogP contribution >= 0.6 is 11.8 Å². The standard InChI is InChI=1S/C28H35F3N2O5S/c1-16(2)38-26(36)33-23(17-10-8-7-9-11-17)22(21(27(3,4)5)24(33)25(34)35)32-15-18-14-19(39-28(29,30)31)12-13-20(18)37-6/h7-14,16,21-24,32H,15H2,1-6H3,(H,34,35)/t21-,22-,23-,24-/m0/s1. The van der Waals surface area contributed by atoms with Gasteiger partial charge in [0.1, 0.15) is 11.8 Å². The summed E-state index contributed by atoms with van der Waals surface area (Å²) in [5.41, 5.74) is -3.85. The number of carbonyl (C=O) groups excluding carboxylic acids is 1. The van der Waals surface area contributed by atoms with Gasteiger partial charge in [0.25, 0.3) is 0 Å². The number of methoxy groups -OCH3 is 1. The van der Waals surface area contributed by atoms with E-state index in [4.69, 9.17) is 9.47 Å². The Morgan fingerprint density at radius 2 is 1.74 bits per heavy atom. The third kappa shape index (κ3) is 7.39. The third-order valence-corrected chi connectivity index (χ3v) is 7.34. The number of aliphatic carboxylic acids is 1. The van der Waals surface area contributed by atoms with Gasteiger partial charge in [0.15, 0.2) is 0 Å². The average molecular weight is 569 g/mol. The van der Waals surface area contributed by atoms with E-state index in [0.29, 0.717) is 16.9 Å². The topological polar surface area (TPSA) is 88.1 Å². The predicted molar refractivity (Wildman–Crippen MR) is 143 cm³/mol. The van der Waals surface area contributed by atoms with E-state index >= 15 is 0 Å². The zero-order valence-electron chi connectivity index (χ0n) is 22.8. The average Bonchev–Trinajstić information content (AvgIpc) is 3.18. The molecule has 0 bridgehead atoms. The molecular weight excluding hydrogens is 533 g/mol. The first kappa shape index (κ1) is 30.6. The Morgan fingerprint density at radius 1 is 1.10 bits per heavy atom. The SMILES string of the molecule is COc1ccc(SC(F)(F)F)cc1CN[C@H]1[C@H](C(C)(C)C)[C@@H](C(=O)O)N(C(=O)OC(C)C)[C@H]1c1ccccc1. The number of hydrogen-bond acceptors (Lipinski definition) is 6. The van der Waals surface area contributed by atoms with Gasteiger partial charge in [-0.05, 0) is 54.8 Å². The number of carbonyl (C=O) groups is 2. The number of benzene rings is 2. The number of alkyl halides is 3. The minimum Gasteiger partial charge on any atom is -0.496 e. The second-order valence-electron chi connectivity index (χ2n) is 10.8. The second-order valence-corrected chi connectivity index (χ2v) is 11.9. The molecule has 0 radical (unpaired) electrons. The molecule has 11 heteroatoms. The van der Waals surface area contributed by atoms with Crippen LogP contribution in [0.2, 0.25) is 0 Å². The lowest BCUT2D eigenvalue weighted by Gasteiger charge is -2.35. The minimum absolute atomic E-state index is 0.00375. The molecule has 2 N–H and O–H groups in total. The van der Waals surface area contributed by atoms with Crippen molar-refractivity contribution in [2.45, 2.75) is 75.8 Å². The third-order valence-electron chi connectivity index (χ3n) is 6.62. The van der Waals surface area contributed by atoms with Crippen molar-refractivity contribution in [3.63, 3.8) is 0 Å². The summed E-state index contributed by atoms with van der Waals surface area (Å²) in [4.78, 5) is 27.4. The molecule has 39 heavy (non-hydrogen) atoms. The van der Waals surface area contributed by atoms with Crippen molar-refractivity contribution in [2.24, 2.45) is 11.3 Å². The van der Waals surface area contributed by atoms with E-state index in [2.05, 4.69) is 5.32 Å². The van der Waals surface area contributed by atoms with Crippen LogP contribution in [0.25, 0.3) is 0 Å². The summed E-state index contributed by atoms with van der Waals surface area (Å²) in [5.74, 6) is -1.36. The summed E-state index contributed by atoms with van der Waals surface area (Å²) >= 11 is -0.222. The predicted octanol–water partition coefficient (Wildman–Crippen LogP) is 6.48. The summed E-state index contributed by atoms with van der Waals surface area (Å²) in [6, 6.07) is 10.8. The van der Waals surface area contributed by atoms with Crippen LogP contribution in [0.3, 0.4) is 0 Å². The van der Waals surface area contributed by atoms with Gasteiger partial charge in [0.2, 0.25) is 0 Å². The molecule has 1 aliphatic rings. The van der Waals surface area contributed by atoms with Crippen molar-refractivity contribution in [3.05, 3.63) is 59.7 Å². The Bertz CT molecular complexity index is 1150. The second kappa shape index (κ2) is 12.1. The van der Waals surface area contributed by atoms with Crippen LogP contribution in [0.5, 0.6) is 5.75 Å². The van der Waals surface area contributed by atoms with Gasteiger partial charge >= 0.3 is 17.6 Å². The monoisotopic (exact) mass is 568 g/mol. The van der Waals surface area contributed by atoms with Gasteiger partial charge in [-0.3, -0.25) is 4.90 Å². The van der Waals surface area contributed by atoms with Gasteiger partial charge < -0.3 is 19.9 Å². The summed E-state index contributed by atoms with van der Waals surface area (Å²) < 4.78 is 50.1. The maximum absolute atomic E-state index is 13.4.